The summed E-state index contributed by atoms with van der Waals surface area (Å²) in [6.45, 7) is 2.07. The Morgan fingerprint density at radius 1 is 1.50 bits per heavy atom. The van der Waals surface area contributed by atoms with Crippen molar-refractivity contribution in [3.05, 3.63) is 11.7 Å². The Balaban J connectivity index is 1.93. The van der Waals surface area contributed by atoms with Crippen molar-refractivity contribution in [1.29, 1.82) is 0 Å². The maximum atomic E-state index is 11.3. The molecule has 0 N–H and O–H groups in total. The Labute approximate surface area is 94.2 Å². The number of hydrogen-bond donors (Lipinski definition) is 0. The first kappa shape index (κ1) is 11.1. The van der Waals surface area contributed by atoms with Gasteiger partial charge in [0.1, 0.15) is 0 Å². The van der Waals surface area contributed by atoms with Crippen molar-refractivity contribution in [2.24, 2.45) is 5.92 Å². The van der Waals surface area contributed by atoms with Crippen LogP contribution in [0.3, 0.4) is 0 Å². The van der Waals surface area contributed by atoms with E-state index in [4.69, 9.17) is 9.26 Å². The van der Waals surface area contributed by atoms with E-state index >= 15 is 0 Å². The fourth-order valence-corrected chi connectivity index (χ4v) is 2.08. The van der Waals surface area contributed by atoms with Gasteiger partial charge in [-0.25, -0.2) is 4.79 Å². The fourth-order valence-electron chi connectivity index (χ4n) is 2.08. The number of carbonyl (C=O) groups is 1. The summed E-state index contributed by atoms with van der Waals surface area (Å²) in [5.41, 5.74) is 0. The smallest absolute Gasteiger partial charge is 0.379 e. The molecule has 1 saturated carbocycles. The highest BCUT2D eigenvalue weighted by atomic mass is 16.5. The molecule has 2 rings (SSSR count). The second-order valence-corrected chi connectivity index (χ2v) is 4.09. The SMILES string of the molecule is CCOC(=O)c1noc(CC2CCCC2)n1. The molecule has 0 aliphatic heterocycles. The maximum absolute atomic E-state index is 11.3. The van der Waals surface area contributed by atoms with Gasteiger partial charge in [0, 0.05) is 6.42 Å². The third-order valence-electron chi connectivity index (χ3n) is 2.86. The molecule has 16 heavy (non-hydrogen) atoms. The summed E-state index contributed by atoms with van der Waals surface area (Å²) in [5, 5.41) is 3.62. The van der Waals surface area contributed by atoms with Gasteiger partial charge in [-0.15, -0.1) is 0 Å². The van der Waals surface area contributed by atoms with Gasteiger partial charge in [0.05, 0.1) is 6.61 Å². The Hall–Kier alpha value is -1.39. The summed E-state index contributed by atoms with van der Waals surface area (Å²) in [5.74, 6) is 0.712. The molecule has 0 unspecified atom stereocenters. The van der Waals surface area contributed by atoms with Crippen LogP contribution in [0.2, 0.25) is 0 Å². The van der Waals surface area contributed by atoms with Gasteiger partial charge in [0.15, 0.2) is 0 Å². The van der Waals surface area contributed by atoms with Crippen LogP contribution < -0.4 is 0 Å². The van der Waals surface area contributed by atoms with Gasteiger partial charge >= 0.3 is 5.97 Å². The predicted octanol–water partition coefficient (Wildman–Crippen LogP) is 1.98. The zero-order chi connectivity index (χ0) is 11.4. The Morgan fingerprint density at radius 2 is 2.25 bits per heavy atom. The summed E-state index contributed by atoms with van der Waals surface area (Å²) < 4.78 is 9.82. The lowest BCUT2D eigenvalue weighted by atomic mass is 10.0. The lowest BCUT2D eigenvalue weighted by Gasteiger charge is -2.02. The molecule has 0 aromatic carbocycles. The standard InChI is InChI=1S/C11H16N2O3/c1-2-15-11(14)10-12-9(16-13-10)7-8-5-3-4-6-8/h8H,2-7H2,1H3. The monoisotopic (exact) mass is 224 g/mol. The molecular formula is C11H16N2O3. The zero-order valence-electron chi connectivity index (χ0n) is 9.44. The summed E-state index contributed by atoms with van der Waals surface area (Å²) in [6, 6.07) is 0. The molecule has 0 radical (unpaired) electrons. The van der Waals surface area contributed by atoms with Crippen molar-refractivity contribution in [3.63, 3.8) is 0 Å². The fraction of sp³-hybridized carbons (Fsp3) is 0.727. The van der Waals surface area contributed by atoms with Crippen molar-refractivity contribution in [2.45, 2.75) is 39.0 Å². The Bertz CT molecular complexity index is 356. The number of hydrogen-bond acceptors (Lipinski definition) is 5. The Morgan fingerprint density at radius 3 is 2.94 bits per heavy atom. The molecule has 1 aliphatic carbocycles. The molecule has 1 heterocycles. The summed E-state index contributed by atoms with van der Waals surface area (Å²) in [4.78, 5) is 15.3. The van der Waals surface area contributed by atoms with E-state index < -0.39 is 5.97 Å². The number of nitrogens with zero attached hydrogens (tertiary/aromatic N) is 2. The maximum Gasteiger partial charge on any atom is 0.379 e. The van der Waals surface area contributed by atoms with Crippen LogP contribution in [0.1, 0.15) is 49.1 Å². The number of ether oxygens (including phenoxy) is 1. The van der Waals surface area contributed by atoms with E-state index in [-0.39, 0.29) is 5.82 Å². The molecule has 0 amide bonds. The molecular weight excluding hydrogens is 208 g/mol. The topological polar surface area (TPSA) is 65.2 Å². The predicted molar refractivity (Wildman–Crippen MR) is 55.9 cm³/mol. The van der Waals surface area contributed by atoms with E-state index in [9.17, 15) is 4.79 Å². The molecule has 0 spiro atoms. The average molecular weight is 224 g/mol. The van der Waals surface area contributed by atoms with E-state index in [0.717, 1.165) is 6.42 Å². The molecule has 1 aliphatic rings. The van der Waals surface area contributed by atoms with Gasteiger partial charge in [0.2, 0.25) is 5.89 Å². The first-order valence-corrected chi connectivity index (χ1v) is 5.79. The van der Waals surface area contributed by atoms with Gasteiger partial charge in [-0.3, -0.25) is 0 Å². The number of esters is 1. The molecule has 0 atom stereocenters. The van der Waals surface area contributed by atoms with Crippen LogP contribution in [-0.4, -0.2) is 22.7 Å². The number of rotatable bonds is 4. The minimum Gasteiger partial charge on any atom is -0.460 e. The molecule has 88 valence electrons. The third kappa shape index (κ3) is 2.59. The van der Waals surface area contributed by atoms with E-state index in [1.165, 1.54) is 25.7 Å². The lowest BCUT2D eigenvalue weighted by molar-refractivity contribution is 0.0508. The molecule has 5 heteroatoms. The second-order valence-electron chi connectivity index (χ2n) is 4.09. The molecule has 1 fully saturated rings. The summed E-state index contributed by atoms with van der Waals surface area (Å²) in [6.07, 6.45) is 5.79. The van der Waals surface area contributed by atoms with Crippen LogP contribution in [0, 0.1) is 5.92 Å². The minimum absolute atomic E-state index is 0.0369. The van der Waals surface area contributed by atoms with Crippen LogP contribution in [-0.2, 0) is 11.2 Å². The van der Waals surface area contributed by atoms with E-state index in [2.05, 4.69) is 10.1 Å². The lowest BCUT2D eigenvalue weighted by Crippen LogP contribution is -2.07. The van der Waals surface area contributed by atoms with Crippen LogP contribution in [0.5, 0.6) is 0 Å². The number of aromatic nitrogens is 2. The van der Waals surface area contributed by atoms with Crippen LogP contribution in [0.25, 0.3) is 0 Å². The molecule has 0 saturated heterocycles. The second kappa shape index (κ2) is 5.09. The third-order valence-corrected chi connectivity index (χ3v) is 2.86. The summed E-state index contributed by atoms with van der Waals surface area (Å²) >= 11 is 0. The number of carbonyl (C=O) groups excluding carboxylic acids is 1. The first-order chi connectivity index (χ1) is 7.79. The molecule has 0 bridgehead atoms. The minimum atomic E-state index is -0.510. The van der Waals surface area contributed by atoms with Gasteiger partial charge in [-0.1, -0.05) is 12.8 Å². The van der Waals surface area contributed by atoms with Crippen molar-refractivity contribution in [3.8, 4) is 0 Å². The largest absolute Gasteiger partial charge is 0.460 e. The van der Waals surface area contributed by atoms with Gasteiger partial charge in [0.25, 0.3) is 5.82 Å². The van der Waals surface area contributed by atoms with E-state index in [1.807, 2.05) is 0 Å². The highest BCUT2D eigenvalue weighted by molar-refractivity contribution is 5.84. The van der Waals surface area contributed by atoms with Crippen LogP contribution in [0.4, 0.5) is 0 Å². The normalized spacial score (nSPS) is 16.6. The van der Waals surface area contributed by atoms with Gasteiger partial charge in [-0.05, 0) is 30.8 Å². The molecule has 1 aromatic rings. The van der Waals surface area contributed by atoms with E-state index in [0.29, 0.717) is 18.4 Å². The van der Waals surface area contributed by atoms with Crippen molar-refractivity contribution in [1.82, 2.24) is 10.1 Å². The van der Waals surface area contributed by atoms with Crippen LogP contribution >= 0.6 is 0 Å². The van der Waals surface area contributed by atoms with Crippen molar-refractivity contribution in [2.75, 3.05) is 6.61 Å². The Kier molecular flexibility index (Phi) is 3.54. The van der Waals surface area contributed by atoms with Crippen LogP contribution in [0.15, 0.2) is 4.52 Å². The van der Waals surface area contributed by atoms with Crippen molar-refractivity contribution >= 4 is 5.97 Å². The molecule has 1 aromatic heterocycles. The van der Waals surface area contributed by atoms with Gasteiger partial charge < -0.3 is 9.26 Å². The van der Waals surface area contributed by atoms with E-state index in [1.54, 1.807) is 6.92 Å². The zero-order valence-corrected chi connectivity index (χ0v) is 9.44. The first-order valence-electron chi connectivity index (χ1n) is 5.79. The quantitative estimate of drug-likeness (QED) is 0.731. The summed E-state index contributed by atoms with van der Waals surface area (Å²) in [7, 11) is 0. The molecule has 5 nitrogen and oxygen atoms in total. The van der Waals surface area contributed by atoms with Crippen molar-refractivity contribution < 1.29 is 14.1 Å². The average Bonchev–Trinajstić information content (AvgIpc) is 2.90. The highest BCUT2D eigenvalue weighted by Crippen LogP contribution is 2.27. The highest BCUT2D eigenvalue weighted by Gasteiger charge is 2.21. The van der Waals surface area contributed by atoms with Gasteiger partial charge in [-0.2, -0.15) is 4.98 Å².